The molecule has 2 aromatic carbocycles. The van der Waals surface area contributed by atoms with E-state index in [-0.39, 0.29) is 47.1 Å². The van der Waals surface area contributed by atoms with Gasteiger partial charge < -0.3 is 19.6 Å². The second-order valence-electron chi connectivity index (χ2n) is 13.1. The number of pyridine rings is 1. The topological polar surface area (TPSA) is 74.6 Å². The third kappa shape index (κ3) is 5.25. The molecule has 4 aromatic rings. The van der Waals surface area contributed by atoms with Crippen LogP contribution < -0.4 is 9.64 Å². The summed E-state index contributed by atoms with van der Waals surface area (Å²) in [5.74, 6) is 1.74. The number of rotatable bonds is 5. The van der Waals surface area contributed by atoms with Crippen molar-refractivity contribution >= 4 is 27.5 Å². The Labute approximate surface area is 279 Å². The number of nitrogens with zero attached hydrogens (tertiary/aromatic N) is 5. The molecule has 5 atom stereocenters. The molecule has 1 aliphatic carbocycles. The number of phenols is 1. The second kappa shape index (κ2) is 11.7. The van der Waals surface area contributed by atoms with Gasteiger partial charge in [-0.1, -0.05) is 25.3 Å². The maximum absolute atomic E-state index is 15.2. The van der Waals surface area contributed by atoms with E-state index in [2.05, 4.69) is 15.9 Å². The molecule has 0 amide bonds. The van der Waals surface area contributed by atoms with Crippen LogP contribution in [0.5, 0.6) is 11.8 Å². The van der Waals surface area contributed by atoms with Crippen LogP contribution in [-0.4, -0.2) is 69.8 Å². The van der Waals surface area contributed by atoms with E-state index in [1.54, 1.807) is 13.8 Å². The molecule has 0 radical (unpaired) electrons. The highest BCUT2D eigenvalue weighted by molar-refractivity contribution is 6.04. The van der Waals surface area contributed by atoms with Gasteiger partial charge in [0.15, 0.2) is 0 Å². The monoisotopic (exact) mass is 646 g/mol. The van der Waals surface area contributed by atoms with Crippen molar-refractivity contribution in [1.29, 1.82) is 0 Å². The van der Waals surface area contributed by atoms with Crippen molar-refractivity contribution in [2.75, 3.05) is 31.5 Å². The zero-order valence-corrected chi connectivity index (χ0v) is 26.3. The van der Waals surface area contributed by atoms with E-state index < -0.39 is 49.0 Å². The highest BCUT2D eigenvalue weighted by Crippen LogP contribution is 2.48. The fourth-order valence-corrected chi connectivity index (χ4v) is 7.25. The van der Waals surface area contributed by atoms with Gasteiger partial charge in [-0.15, -0.1) is 6.42 Å². The van der Waals surface area contributed by atoms with Crippen LogP contribution in [0.3, 0.4) is 0 Å². The van der Waals surface area contributed by atoms with Crippen molar-refractivity contribution in [3.8, 4) is 35.4 Å². The van der Waals surface area contributed by atoms with Gasteiger partial charge in [0.25, 0.3) is 0 Å². The number of ether oxygens (including phenoxy) is 1. The number of likely N-dealkylation sites (tertiary alicyclic amines) is 1. The van der Waals surface area contributed by atoms with Gasteiger partial charge in [-0.3, -0.25) is 4.98 Å². The number of hydrogen-bond acceptors (Lipinski definition) is 7. The van der Waals surface area contributed by atoms with Crippen LogP contribution in [0.2, 0.25) is 0 Å². The highest BCUT2D eigenvalue weighted by atomic mass is 19.1. The van der Waals surface area contributed by atoms with Crippen LogP contribution in [0.4, 0.5) is 19.0 Å². The van der Waals surface area contributed by atoms with E-state index in [1.165, 1.54) is 37.4 Å². The SMILES string of the molecule is [2H]C([2H])([2H])N1C[C@@](C)(C([2H])([2H])Oc2nc(N3CCCC[C@H]4[C@H](F)[C@H]43)c3cnc(-c4cc(O)cc5ccc(F)c(C#C)c45)c(C)c3n2)/C(=C/F)C[C@H]1C. The largest absolute Gasteiger partial charge is 0.508 e. The molecule has 2 aliphatic heterocycles. The molecule has 2 aromatic heterocycles. The fourth-order valence-electron chi connectivity index (χ4n) is 7.25. The molecule has 244 valence electrons. The number of alkyl halides is 1. The molecule has 7 nitrogen and oxygen atoms in total. The van der Waals surface area contributed by atoms with E-state index in [0.29, 0.717) is 52.3 Å². The lowest BCUT2D eigenvalue weighted by Gasteiger charge is -2.43. The summed E-state index contributed by atoms with van der Waals surface area (Å²) in [4.78, 5) is 17.0. The van der Waals surface area contributed by atoms with Crippen molar-refractivity contribution in [1.82, 2.24) is 19.9 Å². The minimum absolute atomic E-state index is 0.0226. The summed E-state index contributed by atoms with van der Waals surface area (Å²) in [5.41, 5.74) is -0.459. The number of piperidine rings is 1. The zero-order valence-electron chi connectivity index (χ0n) is 31.3. The zero-order chi connectivity index (χ0) is 37.5. The molecule has 10 heteroatoms. The first kappa shape index (κ1) is 25.7. The first-order chi connectivity index (χ1) is 24.5. The quantitative estimate of drug-likeness (QED) is 0.229. The molecule has 1 saturated carbocycles. The van der Waals surface area contributed by atoms with Crippen LogP contribution in [0.1, 0.15) is 57.5 Å². The minimum Gasteiger partial charge on any atom is -0.508 e. The Morgan fingerprint density at radius 3 is 2.89 bits per heavy atom. The lowest BCUT2D eigenvalue weighted by molar-refractivity contribution is 0.0826. The van der Waals surface area contributed by atoms with E-state index in [4.69, 9.17) is 20.3 Å². The number of aromatic hydroxyl groups is 1. The predicted octanol–water partition coefficient (Wildman–Crippen LogP) is 7.27. The summed E-state index contributed by atoms with van der Waals surface area (Å²) in [5, 5.41) is 11.9. The molecule has 0 spiro atoms. The van der Waals surface area contributed by atoms with Gasteiger partial charge in [0.05, 0.1) is 37.3 Å². The molecular weight excluding hydrogens is 603 g/mol. The number of halogens is 3. The number of phenolic OH excluding ortho intramolecular Hbond substituents is 1. The molecule has 2 saturated heterocycles. The van der Waals surface area contributed by atoms with E-state index in [0.717, 1.165) is 17.7 Å². The molecule has 0 unspecified atom stereocenters. The number of benzene rings is 2. The van der Waals surface area contributed by atoms with Crippen LogP contribution >= 0.6 is 0 Å². The minimum atomic E-state index is -2.74. The van der Waals surface area contributed by atoms with Gasteiger partial charge >= 0.3 is 6.01 Å². The average molecular weight is 647 g/mol. The summed E-state index contributed by atoms with van der Waals surface area (Å²) in [6.07, 6.45) is 8.71. The Morgan fingerprint density at radius 1 is 1.30 bits per heavy atom. The molecule has 0 bridgehead atoms. The summed E-state index contributed by atoms with van der Waals surface area (Å²) in [6, 6.07) is 4.10. The number of aromatic nitrogens is 3. The molecule has 7 rings (SSSR count). The van der Waals surface area contributed by atoms with Crippen LogP contribution in [0.15, 0.2) is 42.4 Å². The van der Waals surface area contributed by atoms with Crippen molar-refractivity contribution in [2.45, 2.75) is 64.7 Å². The van der Waals surface area contributed by atoms with E-state index in [1.807, 2.05) is 4.90 Å². The lowest BCUT2D eigenvalue weighted by Crippen LogP contribution is -2.48. The van der Waals surface area contributed by atoms with Crippen molar-refractivity contribution in [2.24, 2.45) is 11.3 Å². The number of anilines is 1. The van der Waals surface area contributed by atoms with Gasteiger partial charge in [-0.2, -0.15) is 9.97 Å². The van der Waals surface area contributed by atoms with Crippen molar-refractivity contribution in [3.63, 3.8) is 0 Å². The smallest absolute Gasteiger partial charge is 0.318 e. The number of aryl methyl sites for hydroxylation is 1. The predicted molar refractivity (Wildman–Crippen MR) is 177 cm³/mol. The highest BCUT2D eigenvalue weighted by Gasteiger charge is 2.55. The fraction of sp³-hybridized carbons (Fsp3) is 0.432. The first-order valence-corrected chi connectivity index (χ1v) is 15.8. The molecule has 47 heavy (non-hydrogen) atoms. The Bertz CT molecular complexity index is 2180. The standard InChI is InChI=1S/C37H38F3N5O2/c1-6-25-29(39)11-10-22-14-24(46)15-27(30(22)25)32-21(3)33-28(17-41-32)35(45-12-8-7-9-26-31(40)34(26)45)43-36(42-33)47-19-37(4)18-44(5)20(2)13-23(37)16-38/h1,10-11,14-17,20,26,31,34,46H,7-9,12-13,18-19H2,2-5H3/b23-16+/t20-,26+,31+,34+,37+/m1/s1/i5D3,19D2. The van der Waals surface area contributed by atoms with Gasteiger partial charge in [-0.05, 0) is 69.2 Å². The maximum atomic E-state index is 15.2. The molecule has 1 N–H and O–H groups in total. The number of hydrogen-bond donors (Lipinski definition) is 1. The molecular formula is C37H38F3N5O2. The van der Waals surface area contributed by atoms with Crippen molar-refractivity contribution < 1.29 is 29.9 Å². The normalized spacial score (nSPS) is 29.3. The Morgan fingerprint density at radius 2 is 2.13 bits per heavy atom. The number of terminal acetylenes is 1. The van der Waals surface area contributed by atoms with Gasteiger partial charge in [0, 0.05) is 57.3 Å². The summed E-state index contributed by atoms with van der Waals surface area (Å²) >= 11 is 0. The Hall–Kier alpha value is -4.36. The van der Waals surface area contributed by atoms with E-state index in [9.17, 15) is 16.6 Å². The summed E-state index contributed by atoms with van der Waals surface area (Å²) in [6.45, 7) is -0.509. The van der Waals surface area contributed by atoms with E-state index >= 15 is 4.39 Å². The third-order valence-electron chi connectivity index (χ3n) is 9.98. The van der Waals surface area contributed by atoms with Gasteiger partial charge in [-0.25, -0.2) is 13.2 Å². The maximum Gasteiger partial charge on any atom is 0.318 e. The molecule has 3 fully saturated rings. The first-order valence-electron chi connectivity index (χ1n) is 18.3. The van der Waals surface area contributed by atoms with Gasteiger partial charge in [0.2, 0.25) is 0 Å². The molecule has 4 heterocycles. The summed E-state index contributed by atoms with van der Waals surface area (Å²) < 4.78 is 93.2. The Kier molecular flexibility index (Phi) is 6.40. The Balaban J connectivity index is 1.42. The third-order valence-corrected chi connectivity index (χ3v) is 9.98. The number of fused-ring (bicyclic) bond motifs is 3. The lowest BCUT2D eigenvalue weighted by atomic mass is 9.76. The molecule has 3 aliphatic rings. The van der Waals surface area contributed by atoms with Gasteiger partial charge in [0.1, 0.15) is 30.1 Å². The summed E-state index contributed by atoms with van der Waals surface area (Å²) in [7, 11) is 0. The van der Waals surface area contributed by atoms with Crippen molar-refractivity contribution in [3.05, 3.63) is 59.3 Å². The average Bonchev–Trinajstić information content (AvgIpc) is 3.78. The second-order valence-corrected chi connectivity index (χ2v) is 13.1. The van der Waals surface area contributed by atoms with Crippen LogP contribution in [0, 0.1) is 36.4 Å². The van der Waals surface area contributed by atoms with Crippen LogP contribution in [-0.2, 0) is 0 Å². The van der Waals surface area contributed by atoms with Crippen LogP contribution in [0.25, 0.3) is 32.9 Å².